The number of unbranched alkanes of at least 4 members (excludes halogenated alkanes) is 13. The van der Waals surface area contributed by atoms with Gasteiger partial charge in [-0.25, -0.2) is 9.13 Å². The van der Waals surface area contributed by atoms with Crippen molar-refractivity contribution in [3.8, 4) is 0 Å². The quantitative estimate of drug-likeness (QED) is 0.224. The van der Waals surface area contributed by atoms with Crippen molar-refractivity contribution in [2.24, 2.45) is 0 Å². The highest BCUT2D eigenvalue weighted by Crippen LogP contribution is 2.15. The predicted octanol–water partition coefficient (Wildman–Crippen LogP) is 6.92. The fourth-order valence-corrected chi connectivity index (χ4v) is 3.83. The number of imidazole rings is 1. The molecular weight excluding hydrogens is 316 g/mol. The molecule has 0 saturated heterocycles. The van der Waals surface area contributed by atoms with Gasteiger partial charge >= 0.3 is 0 Å². The minimum Gasteiger partial charge on any atom is -0.237 e. The summed E-state index contributed by atoms with van der Waals surface area (Å²) < 4.78 is 4.62. The van der Waals surface area contributed by atoms with Crippen LogP contribution in [0.25, 0.3) is 0 Å². The number of rotatable bonds is 16. The maximum Gasteiger partial charge on any atom is 0.244 e. The summed E-state index contributed by atoms with van der Waals surface area (Å²) in [6.45, 7) is 3.45. The monoisotopic (exact) mass is 357 g/mol. The highest BCUT2D eigenvalue weighted by atomic mass is 15.1. The van der Waals surface area contributed by atoms with Crippen LogP contribution in [-0.2, 0) is 6.54 Å². The SMILES string of the molecule is CCCCCCCCCCCCCCCC[n+]1ccn(C2C=CC=C2)c1. The van der Waals surface area contributed by atoms with Crippen LogP contribution >= 0.6 is 0 Å². The lowest BCUT2D eigenvalue weighted by atomic mass is 10.0. The van der Waals surface area contributed by atoms with Crippen LogP contribution in [0.2, 0.25) is 0 Å². The minimum atomic E-state index is 0.424. The van der Waals surface area contributed by atoms with Gasteiger partial charge in [-0.2, -0.15) is 0 Å². The first-order chi connectivity index (χ1) is 12.9. The molecular formula is C24H41N2+. The molecule has 0 unspecified atom stereocenters. The smallest absolute Gasteiger partial charge is 0.237 e. The molecule has 2 rings (SSSR count). The molecule has 0 radical (unpaired) electrons. The van der Waals surface area contributed by atoms with E-state index in [1.165, 1.54) is 89.9 Å². The van der Waals surface area contributed by atoms with Crippen LogP contribution in [0.3, 0.4) is 0 Å². The Morgan fingerprint density at radius 2 is 1.19 bits per heavy atom. The Kier molecular flexibility index (Phi) is 11.2. The third kappa shape index (κ3) is 8.87. The molecule has 1 aliphatic carbocycles. The van der Waals surface area contributed by atoms with Crippen LogP contribution in [0.15, 0.2) is 43.0 Å². The first-order valence-corrected chi connectivity index (χ1v) is 11.3. The van der Waals surface area contributed by atoms with Crippen LogP contribution in [0, 0.1) is 0 Å². The van der Waals surface area contributed by atoms with Crippen molar-refractivity contribution in [1.82, 2.24) is 4.57 Å². The summed E-state index contributed by atoms with van der Waals surface area (Å²) in [4.78, 5) is 0. The van der Waals surface area contributed by atoms with Gasteiger partial charge in [0.15, 0.2) is 0 Å². The molecule has 146 valence electrons. The average molecular weight is 358 g/mol. The Hall–Kier alpha value is -1.31. The van der Waals surface area contributed by atoms with Crippen LogP contribution in [0.5, 0.6) is 0 Å². The number of nitrogens with zero attached hydrogens (tertiary/aromatic N) is 2. The number of aromatic nitrogens is 2. The Morgan fingerprint density at radius 1 is 0.692 bits per heavy atom. The molecule has 0 amide bonds. The molecule has 0 bridgehead atoms. The molecule has 2 heteroatoms. The van der Waals surface area contributed by atoms with E-state index in [0.29, 0.717) is 6.04 Å². The second-order valence-corrected chi connectivity index (χ2v) is 7.96. The van der Waals surface area contributed by atoms with E-state index >= 15 is 0 Å². The normalized spacial score (nSPS) is 13.9. The molecule has 2 nitrogen and oxygen atoms in total. The summed E-state index contributed by atoms with van der Waals surface area (Å²) in [5.41, 5.74) is 0. The zero-order chi connectivity index (χ0) is 18.3. The summed E-state index contributed by atoms with van der Waals surface area (Å²) in [7, 11) is 0. The molecule has 1 heterocycles. The van der Waals surface area contributed by atoms with E-state index < -0.39 is 0 Å². The van der Waals surface area contributed by atoms with Crippen molar-refractivity contribution in [2.45, 2.75) is 109 Å². The van der Waals surface area contributed by atoms with Crippen LogP contribution in [-0.4, -0.2) is 4.57 Å². The molecule has 0 aromatic carbocycles. The van der Waals surface area contributed by atoms with E-state index in [1.807, 2.05) is 0 Å². The molecule has 0 fully saturated rings. The molecule has 1 aromatic rings. The van der Waals surface area contributed by atoms with Crippen LogP contribution in [0.4, 0.5) is 0 Å². The summed E-state index contributed by atoms with van der Waals surface area (Å²) >= 11 is 0. The highest BCUT2D eigenvalue weighted by molar-refractivity contribution is 5.19. The second kappa shape index (κ2) is 13.8. The molecule has 1 aliphatic rings. The third-order valence-corrected chi connectivity index (χ3v) is 5.55. The van der Waals surface area contributed by atoms with Gasteiger partial charge < -0.3 is 0 Å². The van der Waals surface area contributed by atoms with Crippen LogP contribution in [0.1, 0.15) is 103 Å². The zero-order valence-electron chi connectivity index (χ0n) is 17.1. The lowest BCUT2D eigenvalue weighted by Crippen LogP contribution is -2.31. The van der Waals surface area contributed by atoms with Gasteiger partial charge in [-0.3, -0.25) is 0 Å². The minimum absolute atomic E-state index is 0.424. The van der Waals surface area contributed by atoms with Crippen molar-refractivity contribution in [1.29, 1.82) is 0 Å². The van der Waals surface area contributed by atoms with Gasteiger partial charge in [-0.1, -0.05) is 96.1 Å². The fourth-order valence-electron chi connectivity index (χ4n) is 3.83. The number of aryl methyl sites for hydroxylation is 1. The molecule has 1 aromatic heterocycles. The maximum atomic E-state index is 2.33. The Labute approximate surface area is 162 Å². The van der Waals surface area contributed by atoms with Gasteiger partial charge in [0.25, 0.3) is 0 Å². The number of hydrogen-bond donors (Lipinski definition) is 0. The molecule has 0 atom stereocenters. The van der Waals surface area contributed by atoms with Crippen molar-refractivity contribution in [3.63, 3.8) is 0 Å². The Morgan fingerprint density at radius 3 is 1.73 bits per heavy atom. The van der Waals surface area contributed by atoms with Crippen molar-refractivity contribution in [3.05, 3.63) is 43.0 Å². The second-order valence-electron chi connectivity index (χ2n) is 7.96. The first kappa shape index (κ1) is 21.0. The molecule has 26 heavy (non-hydrogen) atoms. The topological polar surface area (TPSA) is 8.81 Å². The van der Waals surface area contributed by atoms with Crippen molar-refractivity contribution >= 4 is 0 Å². The summed E-state index contributed by atoms with van der Waals surface area (Å²) in [6.07, 6.45) is 35.3. The molecule has 0 spiro atoms. The van der Waals surface area contributed by atoms with E-state index in [4.69, 9.17) is 0 Å². The summed E-state index contributed by atoms with van der Waals surface area (Å²) in [6, 6.07) is 0.424. The van der Waals surface area contributed by atoms with Gasteiger partial charge in [-0.15, -0.1) is 0 Å². The van der Waals surface area contributed by atoms with Gasteiger partial charge in [-0.05, 0) is 25.0 Å². The first-order valence-electron chi connectivity index (χ1n) is 11.3. The highest BCUT2D eigenvalue weighted by Gasteiger charge is 2.12. The standard InChI is InChI=1S/C24H41N2/c1-2-3-4-5-6-7-8-9-10-11-12-13-14-17-20-25-21-22-26(23-25)24-18-15-16-19-24/h15-16,18-19,21-24H,2-14,17,20H2,1H3/q+1. The number of hydrogen-bond acceptors (Lipinski definition) is 0. The van der Waals surface area contributed by atoms with E-state index in [-0.39, 0.29) is 0 Å². The summed E-state index contributed by atoms with van der Waals surface area (Å²) in [5.74, 6) is 0. The van der Waals surface area contributed by atoms with E-state index in [0.717, 1.165) is 6.54 Å². The van der Waals surface area contributed by atoms with E-state index in [2.05, 4.69) is 59.1 Å². The van der Waals surface area contributed by atoms with Gasteiger partial charge in [0, 0.05) is 0 Å². The molecule has 0 N–H and O–H groups in total. The lowest BCUT2D eigenvalue weighted by Gasteiger charge is -2.03. The summed E-state index contributed by atoms with van der Waals surface area (Å²) in [5, 5.41) is 0. The van der Waals surface area contributed by atoms with Crippen LogP contribution < -0.4 is 4.57 Å². The van der Waals surface area contributed by atoms with Crippen molar-refractivity contribution in [2.75, 3.05) is 0 Å². The lowest BCUT2D eigenvalue weighted by molar-refractivity contribution is -0.697. The molecule has 0 saturated carbocycles. The zero-order valence-corrected chi connectivity index (χ0v) is 17.1. The van der Waals surface area contributed by atoms with Gasteiger partial charge in [0.2, 0.25) is 6.33 Å². The van der Waals surface area contributed by atoms with Crippen molar-refractivity contribution < 1.29 is 4.57 Å². The van der Waals surface area contributed by atoms with Gasteiger partial charge in [0.1, 0.15) is 18.4 Å². The average Bonchev–Trinajstić information content (AvgIpc) is 3.33. The van der Waals surface area contributed by atoms with E-state index in [1.54, 1.807) is 0 Å². The third-order valence-electron chi connectivity index (χ3n) is 5.55. The largest absolute Gasteiger partial charge is 0.244 e. The molecule has 0 aliphatic heterocycles. The predicted molar refractivity (Wildman–Crippen MR) is 112 cm³/mol. The Bertz CT molecular complexity index is 500. The number of allylic oxidation sites excluding steroid dienone is 4. The van der Waals surface area contributed by atoms with Gasteiger partial charge in [0.05, 0.1) is 6.54 Å². The Balaban J connectivity index is 1.35. The fraction of sp³-hybridized carbons (Fsp3) is 0.708. The van der Waals surface area contributed by atoms with E-state index in [9.17, 15) is 0 Å². The maximum absolute atomic E-state index is 2.33.